The van der Waals surface area contributed by atoms with E-state index in [0.29, 0.717) is 19.2 Å². The number of aliphatic hydroxyl groups excluding tert-OH is 1. The molecule has 0 bridgehead atoms. The summed E-state index contributed by atoms with van der Waals surface area (Å²) in [5.41, 5.74) is 0. The molecule has 1 fully saturated rings. The maximum absolute atomic E-state index is 9.92. The van der Waals surface area contributed by atoms with Gasteiger partial charge in [0.15, 0.2) is 0 Å². The average Bonchev–Trinajstić information content (AvgIpc) is 2.45. The molecule has 0 aliphatic heterocycles. The highest BCUT2D eigenvalue weighted by molar-refractivity contribution is 4.76. The molecule has 1 saturated carbocycles. The minimum Gasteiger partial charge on any atom is -0.389 e. The fourth-order valence-electron chi connectivity index (χ4n) is 2.99. The summed E-state index contributed by atoms with van der Waals surface area (Å²) in [6.45, 7) is 8.60. The number of hydrogen-bond donors (Lipinski definition) is 2. The van der Waals surface area contributed by atoms with Crippen LogP contribution in [0.15, 0.2) is 0 Å². The predicted molar refractivity (Wildman–Crippen MR) is 84.9 cm³/mol. The third-order valence-electron chi connectivity index (χ3n) is 4.41. The van der Waals surface area contributed by atoms with Crippen LogP contribution in [-0.4, -0.2) is 37.0 Å². The summed E-state index contributed by atoms with van der Waals surface area (Å²) in [4.78, 5) is 0. The first kappa shape index (κ1) is 17.9. The highest BCUT2D eigenvalue weighted by atomic mass is 16.5. The van der Waals surface area contributed by atoms with Crippen LogP contribution in [0, 0.1) is 11.8 Å². The molecule has 1 aliphatic carbocycles. The summed E-state index contributed by atoms with van der Waals surface area (Å²) in [5.74, 6) is 1.53. The molecule has 0 saturated heterocycles. The molecule has 0 heterocycles. The van der Waals surface area contributed by atoms with E-state index in [0.717, 1.165) is 24.9 Å². The van der Waals surface area contributed by atoms with E-state index in [1.165, 1.54) is 38.5 Å². The number of nitrogens with one attached hydrogen (secondary N) is 1. The molecule has 0 amide bonds. The van der Waals surface area contributed by atoms with Gasteiger partial charge in [-0.15, -0.1) is 0 Å². The van der Waals surface area contributed by atoms with Gasteiger partial charge in [0, 0.05) is 19.2 Å². The van der Waals surface area contributed by atoms with Gasteiger partial charge in [-0.3, -0.25) is 0 Å². The van der Waals surface area contributed by atoms with Gasteiger partial charge in [0.25, 0.3) is 0 Å². The van der Waals surface area contributed by atoms with Crippen LogP contribution in [0.5, 0.6) is 0 Å². The minimum atomic E-state index is -0.375. The molecule has 2 unspecified atom stereocenters. The van der Waals surface area contributed by atoms with Crippen molar-refractivity contribution in [1.82, 2.24) is 5.32 Å². The first-order valence-corrected chi connectivity index (χ1v) is 8.58. The van der Waals surface area contributed by atoms with Gasteiger partial charge >= 0.3 is 0 Å². The van der Waals surface area contributed by atoms with Crippen molar-refractivity contribution < 1.29 is 9.84 Å². The van der Waals surface area contributed by atoms with Crippen molar-refractivity contribution in [3.8, 4) is 0 Å². The van der Waals surface area contributed by atoms with Crippen LogP contribution in [-0.2, 0) is 4.74 Å². The number of aliphatic hydroxyl groups is 1. The molecule has 1 rings (SSSR count). The summed E-state index contributed by atoms with van der Waals surface area (Å²) in [7, 11) is 0. The van der Waals surface area contributed by atoms with Crippen LogP contribution in [0.4, 0.5) is 0 Å². The molecule has 20 heavy (non-hydrogen) atoms. The zero-order chi connectivity index (χ0) is 14.8. The van der Waals surface area contributed by atoms with Gasteiger partial charge in [-0.25, -0.2) is 0 Å². The van der Waals surface area contributed by atoms with Crippen molar-refractivity contribution in [3.05, 3.63) is 0 Å². The second-order valence-corrected chi connectivity index (χ2v) is 6.86. The molecule has 2 N–H and O–H groups in total. The molecular formula is C17H35NO2. The van der Waals surface area contributed by atoms with E-state index in [2.05, 4.69) is 26.1 Å². The SMILES string of the molecule is CC(C)CCCOCC(O)CNC(C)C1CCCCC1. The summed E-state index contributed by atoms with van der Waals surface area (Å²) in [6, 6.07) is 0.519. The normalized spacial score (nSPS) is 20.2. The van der Waals surface area contributed by atoms with E-state index >= 15 is 0 Å². The Kier molecular flexibility index (Phi) is 9.49. The summed E-state index contributed by atoms with van der Waals surface area (Å²) >= 11 is 0. The number of rotatable bonds is 10. The van der Waals surface area contributed by atoms with Crippen LogP contribution in [0.25, 0.3) is 0 Å². The molecule has 0 aromatic heterocycles. The molecule has 120 valence electrons. The van der Waals surface area contributed by atoms with Crippen molar-refractivity contribution in [2.45, 2.75) is 77.9 Å². The lowest BCUT2D eigenvalue weighted by Crippen LogP contribution is -2.40. The lowest BCUT2D eigenvalue weighted by molar-refractivity contribution is 0.0323. The van der Waals surface area contributed by atoms with Gasteiger partial charge in [0.05, 0.1) is 12.7 Å². The Hall–Kier alpha value is -0.120. The summed E-state index contributed by atoms with van der Waals surface area (Å²) in [5, 5.41) is 13.4. The lowest BCUT2D eigenvalue weighted by Gasteiger charge is -2.29. The zero-order valence-electron chi connectivity index (χ0n) is 13.7. The molecule has 1 aliphatic rings. The molecule has 0 radical (unpaired) electrons. The van der Waals surface area contributed by atoms with E-state index in [-0.39, 0.29) is 6.10 Å². The van der Waals surface area contributed by atoms with Gasteiger partial charge in [0.2, 0.25) is 0 Å². The molecule has 3 nitrogen and oxygen atoms in total. The Morgan fingerprint density at radius 3 is 2.50 bits per heavy atom. The summed E-state index contributed by atoms with van der Waals surface area (Å²) in [6.07, 6.45) is 8.75. The Bertz CT molecular complexity index is 227. The summed E-state index contributed by atoms with van der Waals surface area (Å²) < 4.78 is 5.53. The van der Waals surface area contributed by atoms with Crippen LogP contribution >= 0.6 is 0 Å². The first-order chi connectivity index (χ1) is 9.59. The van der Waals surface area contributed by atoms with E-state index < -0.39 is 0 Å². The molecule has 0 aromatic rings. The van der Waals surface area contributed by atoms with E-state index in [9.17, 15) is 5.11 Å². The Morgan fingerprint density at radius 2 is 1.85 bits per heavy atom. The van der Waals surface area contributed by atoms with Crippen molar-refractivity contribution in [3.63, 3.8) is 0 Å². The Morgan fingerprint density at radius 1 is 1.15 bits per heavy atom. The Balaban J connectivity index is 1.99. The smallest absolute Gasteiger partial charge is 0.0897 e. The molecule has 0 aromatic carbocycles. The van der Waals surface area contributed by atoms with Crippen molar-refractivity contribution in [2.24, 2.45) is 11.8 Å². The molecule has 0 spiro atoms. The highest BCUT2D eigenvalue weighted by Crippen LogP contribution is 2.26. The fourth-order valence-corrected chi connectivity index (χ4v) is 2.99. The minimum absolute atomic E-state index is 0.375. The number of ether oxygens (including phenoxy) is 1. The lowest BCUT2D eigenvalue weighted by atomic mass is 9.84. The van der Waals surface area contributed by atoms with Crippen molar-refractivity contribution in [2.75, 3.05) is 19.8 Å². The van der Waals surface area contributed by atoms with Gasteiger partial charge in [-0.05, 0) is 44.4 Å². The predicted octanol–water partition coefficient (Wildman–Crippen LogP) is 3.36. The van der Waals surface area contributed by atoms with Crippen LogP contribution in [0.1, 0.15) is 65.7 Å². The highest BCUT2D eigenvalue weighted by Gasteiger charge is 2.20. The van der Waals surface area contributed by atoms with Gasteiger partial charge < -0.3 is 15.2 Å². The van der Waals surface area contributed by atoms with E-state index in [1.54, 1.807) is 0 Å². The Labute approximate surface area is 125 Å². The van der Waals surface area contributed by atoms with Gasteiger partial charge in [-0.2, -0.15) is 0 Å². The first-order valence-electron chi connectivity index (χ1n) is 8.58. The molecule has 3 heteroatoms. The monoisotopic (exact) mass is 285 g/mol. The molecular weight excluding hydrogens is 250 g/mol. The fraction of sp³-hybridized carbons (Fsp3) is 1.00. The third-order valence-corrected chi connectivity index (χ3v) is 4.41. The number of hydrogen-bond acceptors (Lipinski definition) is 3. The zero-order valence-corrected chi connectivity index (χ0v) is 13.7. The van der Waals surface area contributed by atoms with Crippen molar-refractivity contribution in [1.29, 1.82) is 0 Å². The van der Waals surface area contributed by atoms with E-state index in [1.807, 2.05) is 0 Å². The largest absolute Gasteiger partial charge is 0.389 e. The maximum atomic E-state index is 9.92. The van der Waals surface area contributed by atoms with Gasteiger partial charge in [-0.1, -0.05) is 33.1 Å². The van der Waals surface area contributed by atoms with Crippen LogP contribution < -0.4 is 5.32 Å². The van der Waals surface area contributed by atoms with Crippen molar-refractivity contribution >= 4 is 0 Å². The second-order valence-electron chi connectivity index (χ2n) is 6.86. The van der Waals surface area contributed by atoms with Crippen LogP contribution in [0.2, 0.25) is 0 Å². The third kappa shape index (κ3) is 8.23. The molecule has 2 atom stereocenters. The van der Waals surface area contributed by atoms with E-state index in [4.69, 9.17) is 4.74 Å². The van der Waals surface area contributed by atoms with Gasteiger partial charge in [0.1, 0.15) is 0 Å². The maximum Gasteiger partial charge on any atom is 0.0897 e. The quantitative estimate of drug-likeness (QED) is 0.605. The topological polar surface area (TPSA) is 41.5 Å². The average molecular weight is 285 g/mol. The van der Waals surface area contributed by atoms with Crippen LogP contribution in [0.3, 0.4) is 0 Å². The standard InChI is InChI=1S/C17H35NO2/c1-14(2)8-7-11-20-13-17(19)12-18-15(3)16-9-5-4-6-10-16/h14-19H,4-13H2,1-3H3. The second kappa shape index (κ2) is 10.6.